The van der Waals surface area contributed by atoms with Crippen LogP contribution in [0.4, 0.5) is 10.8 Å². The van der Waals surface area contributed by atoms with E-state index in [0.717, 1.165) is 16.0 Å². The van der Waals surface area contributed by atoms with E-state index < -0.39 is 0 Å². The Bertz CT molecular complexity index is 935. The van der Waals surface area contributed by atoms with Crippen molar-refractivity contribution >= 4 is 44.2 Å². The molecule has 0 spiro atoms. The second kappa shape index (κ2) is 7.97. The molecular formula is C19H19N3O3S. The number of nitrogens with one attached hydrogen (secondary N) is 2. The van der Waals surface area contributed by atoms with Crippen LogP contribution in [0.5, 0.6) is 5.75 Å². The summed E-state index contributed by atoms with van der Waals surface area (Å²) in [4.78, 5) is 28.2. The summed E-state index contributed by atoms with van der Waals surface area (Å²) in [5, 5.41) is 6.09. The lowest BCUT2D eigenvalue weighted by Crippen LogP contribution is -2.12. The molecule has 134 valence electrons. The second-order valence-corrected chi connectivity index (χ2v) is 6.55. The highest BCUT2D eigenvalue weighted by atomic mass is 32.1. The Hall–Kier alpha value is -2.93. The van der Waals surface area contributed by atoms with Crippen LogP contribution < -0.4 is 15.4 Å². The zero-order chi connectivity index (χ0) is 18.5. The Balaban J connectivity index is 1.71. The summed E-state index contributed by atoms with van der Waals surface area (Å²) in [5.74, 6) is 0.469. The summed E-state index contributed by atoms with van der Waals surface area (Å²) < 4.78 is 6.43. The van der Waals surface area contributed by atoms with Crippen LogP contribution in [-0.4, -0.2) is 23.4 Å². The largest absolute Gasteiger partial charge is 0.494 e. The molecule has 3 rings (SSSR count). The molecule has 3 aromatic rings. The molecule has 0 saturated heterocycles. The van der Waals surface area contributed by atoms with Crippen LogP contribution in [0.15, 0.2) is 42.5 Å². The molecule has 0 unspecified atom stereocenters. The van der Waals surface area contributed by atoms with E-state index in [1.807, 2.05) is 25.1 Å². The Morgan fingerprint density at radius 2 is 1.85 bits per heavy atom. The van der Waals surface area contributed by atoms with Gasteiger partial charge >= 0.3 is 0 Å². The summed E-state index contributed by atoms with van der Waals surface area (Å²) in [6.45, 7) is 4.32. The highest BCUT2D eigenvalue weighted by Crippen LogP contribution is 2.29. The highest BCUT2D eigenvalue weighted by Gasteiger charge is 2.11. The second-order valence-electron chi connectivity index (χ2n) is 5.51. The fourth-order valence-electron chi connectivity index (χ4n) is 2.34. The number of carbonyl (C=O) groups is 2. The van der Waals surface area contributed by atoms with Crippen molar-refractivity contribution in [2.45, 2.75) is 20.3 Å². The van der Waals surface area contributed by atoms with Gasteiger partial charge in [0.15, 0.2) is 5.13 Å². The van der Waals surface area contributed by atoms with E-state index in [-0.39, 0.29) is 11.8 Å². The fourth-order valence-corrected chi connectivity index (χ4v) is 3.23. The number of nitrogens with zero attached hydrogens (tertiary/aromatic N) is 1. The van der Waals surface area contributed by atoms with Crippen molar-refractivity contribution in [3.63, 3.8) is 0 Å². The van der Waals surface area contributed by atoms with Gasteiger partial charge in [-0.15, -0.1) is 0 Å². The molecule has 26 heavy (non-hydrogen) atoms. The Kier molecular flexibility index (Phi) is 5.48. The van der Waals surface area contributed by atoms with Gasteiger partial charge < -0.3 is 10.1 Å². The van der Waals surface area contributed by atoms with Gasteiger partial charge in [0.25, 0.3) is 5.91 Å². The predicted molar refractivity (Wildman–Crippen MR) is 104 cm³/mol. The Labute approximate surface area is 155 Å². The minimum atomic E-state index is -0.248. The maximum Gasteiger partial charge on any atom is 0.257 e. The molecule has 0 aliphatic carbocycles. The molecule has 1 aromatic heterocycles. The molecule has 0 saturated carbocycles. The monoisotopic (exact) mass is 369 g/mol. The lowest BCUT2D eigenvalue weighted by atomic mass is 10.2. The molecule has 0 aliphatic heterocycles. The minimum absolute atomic E-state index is 0.0666. The van der Waals surface area contributed by atoms with Gasteiger partial charge in [-0.2, -0.15) is 0 Å². The number of thiazole rings is 1. The quantitative estimate of drug-likeness (QED) is 0.679. The third-order valence-corrected chi connectivity index (χ3v) is 4.58. The van der Waals surface area contributed by atoms with Crippen LogP contribution in [0.25, 0.3) is 10.2 Å². The molecule has 2 amide bonds. The Morgan fingerprint density at radius 3 is 2.54 bits per heavy atom. The van der Waals surface area contributed by atoms with Gasteiger partial charge in [-0.3, -0.25) is 14.9 Å². The van der Waals surface area contributed by atoms with E-state index in [1.165, 1.54) is 11.3 Å². The molecule has 7 heteroatoms. The summed E-state index contributed by atoms with van der Waals surface area (Å²) in [6.07, 6.45) is 0.408. The molecule has 2 N–H and O–H groups in total. The number of fused-ring (bicyclic) bond motifs is 1. The number of rotatable bonds is 6. The van der Waals surface area contributed by atoms with E-state index in [9.17, 15) is 9.59 Å². The molecule has 0 radical (unpaired) electrons. The molecule has 0 bridgehead atoms. The molecule has 1 heterocycles. The number of carbonyl (C=O) groups excluding carboxylic acids is 2. The van der Waals surface area contributed by atoms with Gasteiger partial charge in [-0.25, -0.2) is 4.98 Å². The number of anilines is 2. The summed E-state index contributed by atoms with van der Waals surface area (Å²) in [5.41, 5.74) is 1.97. The van der Waals surface area contributed by atoms with E-state index >= 15 is 0 Å². The first-order valence-corrected chi connectivity index (χ1v) is 9.15. The smallest absolute Gasteiger partial charge is 0.257 e. The van der Waals surface area contributed by atoms with Crippen molar-refractivity contribution < 1.29 is 14.3 Å². The van der Waals surface area contributed by atoms with Crippen molar-refractivity contribution in [2.24, 2.45) is 0 Å². The van der Waals surface area contributed by atoms with E-state index in [4.69, 9.17) is 4.74 Å². The van der Waals surface area contributed by atoms with Crippen molar-refractivity contribution in [3.8, 4) is 5.75 Å². The topological polar surface area (TPSA) is 80.3 Å². The van der Waals surface area contributed by atoms with Crippen LogP contribution in [0.2, 0.25) is 0 Å². The van der Waals surface area contributed by atoms with Crippen LogP contribution in [0.3, 0.4) is 0 Å². The first-order chi connectivity index (χ1) is 12.6. The molecular weight excluding hydrogens is 350 g/mol. The van der Waals surface area contributed by atoms with Gasteiger partial charge in [0.05, 0.1) is 16.8 Å². The number of aromatic nitrogens is 1. The number of amides is 2. The van der Waals surface area contributed by atoms with E-state index in [2.05, 4.69) is 15.6 Å². The lowest BCUT2D eigenvalue weighted by molar-refractivity contribution is -0.115. The van der Waals surface area contributed by atoms with Gasteiger partial charge in [0.2, 0.25) is 5.91 Å². The van der Waals surface area contributed by atoms with Gasteiger partial charge in [0, 0.05) is 17.7 Å². The number of benzene rings is 2. The van der Waals surface area contributed by atoms with Crippen molar-refractivity contribution in [2.75, 3.05) is 17.2 Å². The van der Waals surface area contributed by atoms with Crippen LogP contribution >= 0.6 is 11.3 Å². The SMILES string of the molecule is CCOc1ccc2nc(NC(=O)c3ccc(NC(=O)CC)cc3)sc2c1. The number of hydrogen-bond donors (Lipinski definition) is 2. The number of ether oxygens (including phenoxy) is 1. The van der Waals surface area contributed by atoms with E-state index in [1.54, 1.807) is 31.2 Å². The van der Waals surface area contributed by atoms with Crippen molar-refractivity contribution in [1.82, 2.24) is 4.98 Å². The summed E-state index contributed by atoms with van der Waals surface area (Å²) >= 11 is 1.39. The first-order valence-electron chi connectivity index (χ1n) is 8.33. The van der Waals surface area contributed by atoms with Crippen LogP contribution in [0, 0.1) is 0 Å². The van der Waals surface area contributed by atoms with Gasteiger partial charge in [0.1, 0.15) is 5.75 Å². The first kappa shape index (κ1) is 17.9. The molecule has 6 nitrogen and oxygen atoms in total. The zero-order valence-corrected chi connectivity index (χ0v) is 15.4. The van der Waals surface area contributed by atoms with E-state index in [0.29, 0.717) is 29.4 Å². The van der Waals surface area contributed by atoms with Gasteiger partial charge in [-0.05, 0) is 49.4 Å². The fraction of sp³-hybridized carbons (Fsp3) is 0.211. The lowest BCUT2D eigenvalue weighted by Gasteiger charge is -2.05. The minimum Gasteiger partial charge on any atom is -0.494 e. The zero-order valence-electron chi connectivity index (χ0n) is 14.5. The van der Waals surface area contributed by atoms with Crippen LogP contribution in [-0.2, 0) is 4.79 Å². The highest BCUT2D eigenvalue weighted by molar-refractivity contribution is 7.22. The van der Waals surface area contributed by atoms with Crippen molar-refractivity contribution in [3.05, 3.63) is 48.0 Å². The van der Waals surface area contributed by atoms with Crippen molar-refractivity contribution in [1.29, 1.82) is 0 Å². The normalized spacial score (nSPS) is 10.5. The van der Waals surface area contributed by atoms with Crippen LogP contribution in [0.1, 0.15) is 30.6 Å². The average molecular weight is 369 g/mol. The summed E-state index contributed by atoms with van der Waals surface area (Å²) in [6, 6.07) is 12.4. The molecule has 0 aliphatic rings. The van der Waals surface area contributed by atoms with Gasteiger partial charge in [-0.1, -0.05) is 18.3 Å². The molecule has 2 aromatic carbocycles. The molecule has 0 atom stereocenters. The predicted octanol–water partition coefficient (Wildman–Crippen LogP) is 4.30. The third kappa shape index (κ3) is 4.18. The Morgan fingerprint density at radius 1 is 1.08 bits per heavy atom. The summed E-state index contributed by atoms with van der Waals surface area (Å²) in [7, 11) is 0. The molecule has 0 fully saturated rings. The third-order valence-electron chi connectivity index (χ3n) is 3.64. The number of hydrogen-bond acceptors (Lipinski definition) is 5. The average Bonchev–Trinajstić information content (AvgIpc) is 3.04. The standard InChI is InChI=1S/C19H19N3O3S/c1-3-17(23)20-13-7-5-12(6-8-13)18(24)22-19-21-15-10-9-14(25-4-2)11-16(15)26-19/h5-11H,3-4H2,1-2H3,(H,20,23)(H,21,22,24). The maximum absolute atomic E-state index is 12.4. The maximum atomic E-state index is 12.4.